The number of hydrogen-bond acceptors (Lipinski definition) is 4. The van der Waals surface area contributed by atoms with E-state index >= 15 is 0 Å². The van der Waals surface area contributed by atoms with Crippen LogP contribution >= 0.6 is 0 Å². The van der Waals surface area contributed by atoms with Crippen LogP contribution in [0.15, 0.2) is 24.3 Å². The molecular weight excluding hydrogens is 308 g/mol. The molecule has 6 heteroatoms. The average Bonchev–Trinajstić information content (AvgIpc) is 2.73. The van der Waals surface area contributed by atoms with Crippen molar-refractivity contribution in [3.05, 3.63) is 29.8 Å². The van der Waals surface area contributed by atoms with E-state index in [-0.39, 0.29) is 23.5 Å². The third-order valence-electron chi connectivity index (χ3n) is 4.82. The Bertz CT molecular complexity index is 609. The molecule has 0 unspecified atom stereocenters. The lowest BCUT2D eigenvalue weighted by Gasteiger charge is -2.39. The minimum absolute atomic E-state index is 0.0261. The Morgan fingerprint density at radius 3 is 2.88 bits per heavy atom. The lowest BCUT2D eigenvalue weighted by atomic mass is 9.81. The Balaban J connectivity index is 1.61. The van der Waals surface area contributed by atoms with E-state index in [2.05, 4.69) is 10.6 Å². The molecule has 2 aliphatic rings. The molecule has 1 spiro atoms. The predicted octanol–water partition coefficient (Wildman–Crippen LogP) is 1.64. The summed E-state index contributed by atoms with van der Waals surface area (Å²) in [4.78, 5) is 24.0. The summed E-state index contributed by atoms with van der Waals surface area (Å²) in [7, 11) is 1.59. The van der Waals surface area contributed by atoms with Crippen molar-refractivity contribution < 1.29 is 19.1 Å². The molecule has 0 aromatic heterocycles. The third kappa shape index (κ3) is 3.70. The summed E-state index contributed by atoms with van der Waals surface area (Å²) in [6.45, 7) is 0.944. The maximum Gasteiger partial charge on any atom is 0.255 e. The number of nitrogens with one attached hydrogen (secondary N) is 2. The Morgan fingerprint density at radius 2 is 2.12 bits per heavy atom. The minimum Gasteiger partial charge on any atom is -0.485 e. The molecule has 6 nitrogen and oxygen atoms in total. The summed E-state index contributed by atoms with van der Waals surface area (Å²) in [5.41, 5.74) is 0.208. The Morgan fingerprint density at radius 1 is 1.38 bits per heavy atom. The second-order valence-corrected chi connectivity index (χ2v) is 6.55. The number of carbonyl (C=O) groups excluding carboxylic acids is 2. The molecule has 1 fully saturated rings. The highest BCUT2D eigenvalue weighted by Gasteiger charge is 2.40. The summed E-state index contributed by atoms with van der Waals surface area (Å²) < 4.78 is 11.2. The van der Waals surface area contributed by atoms with Crippen molar-refractivity contribution in [1.29, 1.82) is 0 Å². The molecule has 0 saturated heterocycles. The monoisotopic (exact) mass is 332 g/mol. The first-order valence-electron chi connectivity index (χ1n) is 8.46. The molecule has 0 bridgehead atoms. The van der Waals surface area contributed by atoms with Crippen LogP contribution in [0.5, 0.6) is 5.75 Å². The van der Waals surface area contributed by atoms with E-state index in [1.54, 1.807) is 13.2 Å². The topological polar surface area (TPSA) is 76.7 Å². The van der Waals surface area contributed by atoms with Crippen LogP contribution in [0.3, 0.4) is 0 Å². The van der Waals surface area contributed by atoms with Gasteiger partial charge in [-0.05, 0) is 37.8 Å². The first-order valence-corrected chi connectivity index (χ1v) is 8.46. The molecule has 1 saturated carbocycles. The average molecular weight is 332 g/mol. The smallest absolute Gasteiger partial charge is 0.255 e. The summed E-state index contributed by atoms with van der Waals surface area (Å²) in [5.74, 6) is 0.589. The highest BCUT2D eigenvalue weighted by Crippen LogP contribution is 2.36. The second-order valence-electron chi connectivity index (χ2n) is 6.55. The van der Waals surface area contributed by atoms with Crippen LogP contribution in [0.2, 0.25) is 0 Å². The number of hydrogen-bond donors (Lipinski definition) is 2. The molecule has 24 heavy (non-hydrogen) atoms. The van der Waals surface area contributed by atoms with Crippen molar-refractivity contribution in [3.8, 4) is 5.75 Å². The van der Waals surface area contributed by atoms with Gasteiger partial charge in [0, 0.05) is 19.6 Å². The first kappa shape index (κ1) is 16.8. The zero-order valence-electron chi connectivity index (χ0n) is 14.0. The van der Waals surface area contributed by atoms with Gasteiger partial charge < -0.3 is 20.1 Å². The standard InChI is InChI=1S/C18H24N2O4/c1-23-11-8-16(21)20-13-6-9-18(10-7-13)12-19-17(22)14-4-2-3-5-15(14)24-18/h2-5,13H,6-12H2,1H3,(H,19,22)(H,20,21). The van der Waals surface area contributed by atoms with Crippen molar-refractivity contribution in [2.45, 2.75) is 43.7 Å². The third-order valence-corrected chi connectivity index (χ3v) is 4.82. The normalized spacial score (nSPS) is 26.0. The van der Waals surface area contributed by atoms with Crippen LogP contribution in [0.25, 0.3) is 0 Å². The highest BCUT2D eigenvalue weighted by atomic mass is 16.5. The van der Waals surface area contributed by atoms with Crippen molar-refractivity contribution in [1.82, 2.24) is 10.6 Å². The van der Waals surface area contributed by atoms with Gasteiger partial charge >= 0.3 is 0 Å². The molecule has 1 aromatic rings. The van der Waals surface area contributed by atoms with Crippen LogP contribution in [-0.2, 0) is 9.53 Å². The van der Waals surface area contributed by atoms with E-state index in [9.17, 15) is 9.59 Å². The van der Waals surface area contributed by atoms with Crippen LogP contribution in [0.4, 0.5) is 0 Å². The molecule has 3 rings (SSSR count). The summed E-state index contributed by atoms with van der Waals surface area (Å²) in [6.07, 6.45) is 3.68. The number of ether oxygens (including phenoxy) is 2. The van der Waals surface area contributed by atoms with E-state index in [0.29, 0.717) is 30.9 Å². The van der Waals surface area contributed by atoms with Gasteiger partial charge in [0.25, 0.3) is 5.91 Å². The maximum atomic E-state index is 12.2. The molecule has 1 aliphatic carbocycles. The van der Waals surface area contributed by atoms with Gasteiger partial charge in [0.2, 0.25) is 5.91 Å². The van der Waals surface area contributed by atoms with Crippen molar-refractivity contribution in [2.75, 3.05) is 20.3 Å². The summed E-state index contributed by atoms with van der Waals surface area (Å²) in [6, 6.07) is 7.52. The van der Waals surface area contributed by atoms with Crippen molar-refractivity contribution in [2.24, 2.45) is 0 Å². The number of rotatable bonds is 4. The Kier molecular flexibility index (Phi) is 5.04. The molecule has 2 N–H and O–H groups in total. The largest absolute Gasteiger partial charge is 0.485 e. The molecule has 1 heterocycles. The van der Waals surface area contributed by atoms with E-state index in [0.717, 1.165) is 25.7 Å². The molecule has 2 amide bonds. The molecule has 0 radical (unpaired) electrons. The summed E-state index contributed by atoms with van der Waals surface area (Å²) in [5, 5.41) is 6.03. The minimum atomic E-state index is -0.379. The van der Waals surface area contributed by atoms with E-state index in [1.165, 1.54) is 0 Å². The fourth-order valence-electron chi connectivity index (χ4n) is 3.41. The number of carbonyl (C=O) groups is 2. The van der Waals surface area contributed by atoms with Gasteiger partial charge in [0.1, 0.15) is 11.4 Å². The van der Waals surface area contributed by atoms with Crippen LogP contribution in [0.1, 0.15) is 42.5 Å². The van der Waals surface area contributed by atoms with Gasteiger partial charge in [-0.15, -0.1) is 0 Å². The maximum absolute atomic E-state index is 12.2. The van der Waals surface area contributed by atoms with Crippen LogP contribution in [0, 0.1) is 0 Å². The number of benzene rings is 1. The van der Waals surface area contributed by atoms with E-state index in [4.69, 9.17) is 9.47 Å². The fourth-order valence-corrected chi connectivity index (χ4v) is 3.41. The number of methoxy groups -OCH3 is 1. The Hall–Kier alpha value is -2.08. The fraction of sp³-hybridized carbons (Fsp3) is 0.556. The second kappa shape index (κ2) is 7.21. The van der Waals surface area contributed by atoms with Gasteiger partial charge in [-0.2, -0.15) is 0 Å². The predicted molar refractivity (Wildman–Crippen MR) is 89.0 cm³/mol. The quantitative estimate of drug-likeness (QED) is 0.879. The van der Waals surface area contributed by atoms with Crippen molar-refractivity contribution in [3.63, 3.8) is 0 Å². The van der Waals surface area contributed by atoms with Gasteiger partial charge in [-0.25, -0.2) is 0 Å². The van der Waals surface area contributed by atoms with Gasteiger partial charge in [0.15, 0.2) is 0 Å². The SMILES string of the molecule is COCCC(=O)NC1CCC2(CC1)CNC(=O)c1ccccc1O2. The molecular formula is C18H24N2O4. The molecule has 1 aliphatic heterocycles. The van der Waals surface area contributed by atoms with E-state index in [1.807, 2.05) is 18.2 Å². The zero-order chi connectivity index (χ0) is 17.0. The number of para-hydroxylation sites is 1. The van der Waals surface area contributed by atoms with Crippen LogP contribution in [-0.4, -0.2) is 43.7 Å². The Labute approximate surface area is 141 Å². The highest BCUT2D eigenvalue weighted by molar-refractivity contribution is 5.97. The van der Waals surface area contributed by atoms with Crippen LogP contribution < -0.4 is 15.4 Å². The number of amides is 2. The lowest BCUT2D eigenvalue weighted by Crippen LogP contribution is -2.51. The number of fused-ring (bicyclic) bond motifs is 1. The first-order chi connectivity index (χ1) is 11.6. The summed E-state index contributed by atoms with van der Waals surface area (Å²) >= 11 is 0. The van der Waals surface area contributed by atoms with Crippen molar-refractivity contribution >= 4 is 11.8 Å². The lowest BCUT2D eigenvalue weighted by molar-refractivity contribution is -0.123. The molecule has 1 aromatic carbocycles. The molecule has 0 atom stereocenters. The van der Waals surface area contributed by atoms with Gasteiger partial charge in [0.05, 0.1) is 18.7 Å². The van der Waals surface area contributed by atoms with Gasteiger partial charge in [-0.1, -0.05) is 12.1 Å². The molecule has 130 valence electrons. The van der Waals surface area contributed by atoms with E-state index < -0.39 is 0 Å². The zero-order valence-corrected chi connectivity index (χ0v) is 14.0. The van der Waals surface area contributed by atoms with Gasteiger partial charge in [-0.3, -0.25) is 9.59 Å².